The first kappa shape index (κ1) is 10.1. The van der Waals surface area contributed by atoms with Gasteiger partial charge in [-0.15, -0.1) is 0 Å². The number of rotatable bonds is 5. The molecule has 0 saturated heterocycles. The SMILES string of the molecule is CCCCC/C=N/NC(C)=O. The molecule has 3 heteroatoms. The summed E-state index contributed by atoms with van der Waals surface area (Å²) >= 11 is 0. The Morgan fingerprint density at radius 3 is 2.82 bits per heavy atom. The molecule has 0 rings (SSSR count). The Balaban J connectivity index is 3.10. The van der Waals surface area contributed by atoms with E-state index in [2.05, 4.69) is 17.5 Å². The van der Waals surface area contributed by atoms with Gasteiger partial charge in [-0.2, -0.15) is 5.10 Å². The Bertz CT molecular complexity index is 132. The molecule has 64 valence electrons. The Labute approximate surface area is 67.9 Å². The molecule has 0 atom stereocenters. The van der Waals surface area contributed by atoms with Gasteiger partial charge in [-0.25, -0.2) is 5.43 Å². The smallest absolute Gasteiger partial charge is 0.236 e. The molecule has 0 unspecified atom stereocenters. The van der Waals surface area contributed by atoms with Gasteiger partial charge in [0, 0.05) is 13.1 Å². The van der Waals surface area contributed by atoms with Crippen molar-refractivity contribution in [3.05, 3.63) is 0 Å². The Morgan fingerprint density at radius 2 is 2.27 bits per heavy atom. The van der Waals surface area contributed by atoms with E-state index < -0.39 is 0 Å². The van der Waals surface area contributed by atoms with E-state index in [9.17, 15) is 4.79 Å². The zero-order valence-corrected chi connectivity index (χ0v) is 7.26. The van der Waals surface area contributed by atoms with Crippen LogP contribution >= 0.6 is 0 Å². The van der Waals surface area contributed by atoms with Gasteiger partial charge in [0.1, 0.15) is 0 Å². The summed E-state index contributed by atoms with van der Waals surface area (Å²) in [6.07, 6.45) is 6.30. The van der Waals surface area contributed by atoms with Crippen molar-refractivity contribution in [2.24, 2.45) is 5.10 Å². The second-order valence-electron chi connectivity index (χ2n) is 2.48. The summed E-state index contributed by atoms with van der Waals surface area (Å²) in [5, 5.41) is 3.72. The third kappa shape index (κ3) is 9.14. The second kappa shape index (κ2) is 7.25. The van der Waals surface area contributed by atoms with Gasteiger partial charge in [0.2, 0.25) is 5.91 Å². The van der Waals surface area contributed by atoms with E-state index in [0.717, 1.165) is 12.8 Å². The third-order valence-corrected chi connectivity index (χ3v) is 1.25. The maximum Gasteiger partial charge on any atom is 0.236 e. The number of hydrazone groups is 1. The molecule has 0 aromatic heterocycles. The molecule has 0 fully saturated rings. The number of unbranched alkanes of at least 4 members (excludes halogenated alkanes) is 3. The summed E-state index contributed by atoms with van der Waals surface area (Å²) in [7, 11) is 0. The average molecular weight is 156 g/mol. The van der Waals surface area contributed by atoms with Crippen LogP contribution in [-0.4, -0.2) is 12.1 Å². The predicted molar refractivity (Wildman–Crippen MR) is 46.5 cm³/mol. The summed E-state index contributed by atoms with van der Waals surface area (Å²) < 4.78 is 0. The second-order valence-corrected chi connectivity index (χ2v) is 2.48. The van der Waals surface area contributed by atoms with Gasteiger partial charge < -0.3 is 0 Å². The van der Waals surface area contributed by atoms with E-state index in [0.29, 0.717) is 0 Å². The lowest BCUT2D eigenvalue weighted by Crippen LogP contribution is -2.11. The van der Waals surface area contributed by atoms with Crippen molar-refractivity contribution in [3.63, 3.8) is 0 Å². The largest absolute Gasteiger partial charge is 0.274 e. The molecule has 0 radical (unpaired) electrons. The van der Waals surface area contributed by atoms with Crippen LogP contribution in [0.5, 0.6) is 0 Å². The molecule has 0 aliphatic heterocycles. The van der Waals surface area contributed by atoms with Crippen LogP contribution < -0.4 is 5.43 Å². The van der Waals surface area contributed by atoms with Crippen LogP contribution in [-0.2, 0) is 4.79 Å². The van der Waals surface area contributed by atoms with Gasteiger partial charge in [-0.3, -0.25) is 4.79 Å². The lowest BCUT2D eigenvalue weighted by atomic mass is 10.2. The number of hydrogen-bond acceptors (Lipinski definition) is 2. The fourth-order valence-corrected chi connectivity index (χ4v) is 0.687. The molecular formula is C8H16N2O. The van der Waals surface area contributed by atoms with E-state index in [1.165, 1.54) is 19.8 Å². The molecule has 0 heterocycles. The van der Waals surface area contributed by atoms with Gasteiger partial charge in [0.15, 0.2) is 0 Å². The summed E-state index contributed by atoms with van der Waals surface area (Å²) in [5.41, 5.74) is 2.35. The van der Waals surface area contributed by atoms with Gasteiger partial charge in [0.25, 0.3) is 0 Å². The molecule has 1 amide bonds. The van der Waals surface area contributed by atoms with E-state index in [1.54, 1.807) is 6.21 Å². The molecule has 0 saturated carbocycles. The molecule has 11 heavy (non-hydrogen) atoms. The van der Waals surface area contributed by atoms with Crippen LogP contribution in [0.25, 0.3) is 0 Å². The molecule has 0 aromatic carbocycles. The van der Waals surface area contributed by atoms with Gasteiger partial charge in [-0.1, -0.05) is 19.8 Å². The van der Waals surface area contributed by atoms with Crippen LogP contribution in [0.2, 0.25) is 0 Å². The fourth-order valence-electron chi connectivity index (χ4n) is 0.687. The molecular weight excluding hydrogens is 140 g/mol. The highest BCUT2D eigenvalue weighted by Crippen LogP contribution is 1.95. The van der Waals surface area contributed by atoms with Crippen molar-refractivity contribution in [2.45, 2.75) is 39.5 Å². The quantitative estimate of drug-likeness (QED) is 0.367. The minimum absolute atomic E-state index is 0.114. The van der Waals surface area contributed by atoms with E-state index in [-0.39, 0.29) is 5.91 Å². The number of hydrogen-bond donors (Lipinski definition) is 1. The number of carbonyl (C=O) groups excluding carboxylic acids is 1. The number of nitrogens with zero attached hydrogens (tertiary/aromatic N) is 1. The monoisotopic (exact) mass is 156 g/mol. The maximum atomic E-state index is 10.3. The Morgan fingerprint density at radius 1 is 1.55 bits per heavy atom. The highest BCUT2D eigenvalue weighted by Gasteiger charge is 1.84. The third-order valence-electron chi connectivity index (χ3n) is 1.25. The average Bonchev–Trinajstić information content (AvgIpc) is 1.96. The van der Waals surface area contributed by atoms with Gasteiger partial charge in [-0.05, 0) is 12.8 Å². The lowest BCUT2D eigenvalue weighted by molar-refractivity contribution is -0.118. The predicted octanol–water partition coefficient (Wildman–Crippen LogP) is 1.69. The molecule has 3 nitrogen and oxygen atoms in total. The maximum absolute atomic E-state index is 10.3. The molecule has 0 aliphatic rings. The number of nitrogens with one attached hydrogen (secondary N) is 1. The summed E-state index contributed by atoms with van der Waals surface area (Å²) in [5.74, 6) is -0.114. The molecule has 0 aromatic rings. The fraction of sp³-hybridized carbons (Fsp3) is 0.750. The summed E-state index contributed by atoms with van der Waals surface area (Å²) in [4.78, 5) is 10.3. The lowest BCUT2D eigenvalue weighted by Gasteiger charge is -1.92. The minimum Gasteiger partial charge on any atom is -0.274 e. The van der Waals surface area contributed by atoms with Gasteiger partial charge in [0.05, 0.1) is 0 Å². The normalized spacial score (nSPS) is 10.4. The van der Waals surface area contributed by atoms with Crippen LogP contribution in [0, 0.1) is 0 Å². The first-order chi connectivity index (χ1) is 5.27. The van der Waals surface area contributed by atoms with Crippen LogP contribution in [0.4, 0.5) is 0 Å². The number of carbonyl (C=O) groups is 1. The highest BCUT2D eigenvalue weighted by molar-refractivity contribution is 5.73. The van der Waals surface area contributed by atoms with Crippen LogP contribution in [0.3, 0.4) is 0 Å². The zero-order chi connectivity index (χ0) is 8.53. The van der Waals surface area contributed by atoms with E-state index in [1.807, 2.05) is 0 Å². The van der Waals surface area contributed by atoms with Crippen molar-refractivity contribution in [1.29, 1.82) is 0 Å². The van der Waals surface area contributed by atoms with Crippen molar-refractivity contribution in [2.75, 3.05) is 0 Å². The van der Waals surface area contributed by atoms with E-state index in [4.69, 9.17) is 0 Å². The van der Waals surface area contributed by atoms with Crippen molar-refractivity contribution in [1.82, 2.24) is 5.43 Å². The van der Waals surface area contributed by atoms with Crippen LogP contribution in [0.1, 0.15) is 39.5 Å². The zero-order valence-electron chi connectivity index (χ0n) is 7.26. The molecule has 0 spiro atoms. The standard InChI is InChI=1S/C8H16N2O/c1-3-4-5-6-7-9-10-8(2)11/h7H,3-6H2,1-2H3,(H,10,11)/b9-7+. The molecule has 1 N–H and O–H groups in total. The van der Waals surface area contributed by atoms with E-state index >= 15 is 0 Å². The number of amides is 1. The summed E-state index contributed by atoms with van der Waals surface area (Å²) in [6, 6.07) is 0. The minimum atomic E-state index is -0.114. The first-order valence-electron chi connectivity index (χ1n) is 4.05. The Kier molecular flexibility index (Phi) is 6.68. The van der Waals surface area contributed by atoms with Crippen molar-refractivity contribution >= 4 is 12.1 Å². The van der Waals surface area contributed by atoms with Crippen molar-refractivity contribution in [3.8, 4) is 0 Å². The molecule has 0 bridgehead atoms. The van der Waals surface area contributed by atoms with Crippen LogP contribution in [0.15, 0.2) is 5.10 Å². The highest BCUT2D eigenvalue weighted by atomic mass is 16.2. The molecule has 0 aliphatic carbocycles. The topological polar surface area (TPSA) is 41.5 Å². The summed E-state index contributed by atoms with van der Waals surface area (Å²) in [6.45, 7) is 3.61. The van der Waals surface area contributed by atoms with Gasteiger partial charge >= 0.3 is 0 Å². The first-order valence-corrected chi connectivity index (χ1v) is 4.05. The van der Waals surface area contributed by atoms with Crippen molar-refractivity contribution < 1.29 is 4.79 Å². The Hall–Kier alpha value is -0.860.